The number of hydrogen-bond donors (Lipinski definition) is 1. The number of piperidine rings is 1. The lowest BCUT2D eigenvalue weighted by molar-refractivity contribution is -0.135. The summed E-state index contributed by atoms with van der Waals surface area (Å²) in [6.07, 6.45) is 3.47. The summed E-state index contributed by atoms with van der Waals surface area (Å²) in [5, 5.41) is 2.99. The summed E-state index contributed by atoms with van der Waals surface area (Å²) < 4.78 is 8.23. The number of aromatic nitrogens is 2. The van der Waals surface area contributed by atoms with E-state index in [1.807, 2.05) is 43.0 Å². The highest BCUT2D eigenvalue weighted by molar-refractivity contribution is 5.89. The molecule has 0 bridgehead atoms. The van der Waals surface area contributed by atoms with Crippen LogP contribution in [-0.2, 0) is 9.53 Å². The van der Waals surface area contributed by atoms with E-state index in [1.54, 1.807) is 4.57 Å². The van der Waals surface area contributed by atoms with Crippen molar-refractivity contribution in [3.8, 4) is 0 Å². The number of fused-ring (bicyclic) bond motifs is 1. The molecule has 186 valence electrons. The quantitative estimate of drug-likeness (QED) is 0.669. The molecule has 4 rings (SSSR count). The normalized spacial score (nSPS) is 18.0. The molecule has 0 unspecified atom stereocenters. The Morgan fingerprint density at radius 2 is 1.74 bits per heavy atom. The maximum Gasteiger partial charge on any atom is 0.337 e. The molecule has 2 aromatic rings. The summed E-state index contributed by atoms with van der Waals surface area (Å²) in [7, 11) is 0. The van der Waals surface area contributed by atoms with Gasteiger partial charge in [0, 0.05) is 32.1 Å². The number of benzene rings is 1. The summed E-state index contributed by atoms with van der Waals surface area (Å²) in [6, 6.07) is 7.04. The minimum Gasteiger partial charge on any atom is -0.378 e. The molecule has 9 nitrogen and oxygen atoms in total. The van der Waals surface area contributed by atoms with Gasteiger partial charge in [-0.05, 0) is 70.8 Å². The molecule has 34 heavy (non-hydrogen) atoms. The Morgan fingerprint density at radius 3 is 2.41 bits per heavy atom. The minimum absolute atomic E-state index is 0.0278. The summed E-state index contributed by atoms with van der Waals surface area (Å²) in [6.45, 7) is 10.0. The molecule has 0 atom stereocenters. The summed E-state index contributed by atoms with van der Waals surface area (Å²) >= 11 is 0. The Kier molecular flexibility index (Phi) is 8.05. The molecule has 3 heterocycles. The highest BCUT2D eigenvalue weighted by Gasteiger charge is 2.23. The maximum absolute atomic E-state index is 12.9. The lowest BCUT2D eigenvalue weighted by atomic mass is 9.96. The number of nitrogens with zero attached hydrogens (tertiary/aromatic N) is 4. The fourth-order valence-electron chi connectivity index (χ4n) is 5.02. The first-order chi connectivity index (χ1) is 16.5. The maximum atomic E-state index is 12.9. The standard InChI is InChI=1S/C25H37N5O4/c1-19(2)29-21-6-3-4-7-22(21)30(25(29)33)24(32)26-18-20-9-12-27(13-10-20)11-5-8-23(31)28-14-16-34-17-15-28/h3-4,6-7,19-20H,5,8-18H2,1-2H3,(H,26,32). The molecule has 1 aromatic carbocycles. The average Bonchev–Trinajstić information content (AvgIpc) is 3.15. The molecule has 9 heteroatoms. The Labute approximate surface area is 200 Å². The van der Waals surface area contributed by atoms with Crippen LogP contribution in [-0.4, -0.2) is 83.4 Å². The number of rotatable bonds is 7. The van der Waals surface area contributed by atoms with Crippen molar-refractivity contribution in [1.82, 2.24) is 24.3 Å². The number of ether oxygens (including phenoxy) is 1. The van der Waals surface area contributed by atoms with Gasteiger partial charge in [-0.25, -0.2) is 14.2 Å². The predicted molar refractivity (Wildman–Crippen MR) is 131 cm³/mol. The molecule has 0 spiro atoms. The minimum atomic E-state index is -0.357. The second-order valence-corrected chi connectivity index (χ2v) is 9.64. The van der Waals surface area contributed by atoms with Gasteiger partial charge in [0.15, 0.2) is 0 Å². The van der Waals surface area contributed by atoms with E-state index in [1.165, 1.54) is 4.57 Å². The highest BCUT2D eigenvalue weighted by atomic mass is 16.5. The van der Waals surface area contributed by atoms with Crippen LogP contribution in [0.2, 0.25) is 0 Å². The first-order valence-electron chi connectivity index (χ1n) is 12.5. The number of imidazole rings is 1. The van der Waals surface area contributed by atoms with Crippen LogP contribution in [0, 0.1) is 5.92 Å². The van der Waals surface area contributed by atoms with Gasteiger partial charge in [0.1, 0.15) is 0 Å². The van der Waals surface area contributed by atoms with Crippen LogP contribution < -0.4 is 11.0 Å². The van der Waals surface area contributed by atoms with Crippen LogP contribution >= 0.6 is 0 Å². The number of hydrogen-bond acceptors (Lipinski definition) is 5. The number of morpholine rings is 1. The molecule has 2 amide bonds. The zero-order chi connectivity index (χ0) is 24.1. The van der Waals surface area contributed by atoms with Crippen LogP contribution in [0.1, 0.15) is 45.6 Å². The monoisotopic (exact) mass is 471 g/mol. The predicted octanol–water partition coefficient (Wildman–Crippen LogP) is 2.29. The van der Waals surface area contributed by atoms with E-state index in [0.29, 0.717) is 50.7 Å². The third kappa shape index (κ3) is 5.52. The van der Waals surface area contributed by atoms with Crippen molar-refractivity contribution in [3.05, 3.63) is 34.7 Å². The average molecular weight is 472 g/mol. The molecule has 0 radical (unpaired) electrons. The van der Waals surface area contributed by atoms with Crippen LogP contribution in [0.15, 0.2) is 29.1 Å². The smallest absolute Gasteiger partial charge is 0.337 e. The Balaban J connectivity index is 1.22. The van der Waals surface area contributed by atoms with E-state index in [-0.39, 0.29) is 23.7 Å². The Hall–Kier alpha value is -2.65. The molecule has 1 N–H and O–H groups in total. The van der Waals surface area contributed by atoms with Gasteiger partial charge in [-0.1, -0.05) is 12.1 Å². The lowest BCUT2D eigenvalue weighted by Gasteiger charge is -2.32. The van der Waals surface area contributed by atoms with E-state index >= 15 is 0 Å². The number of para-hydroxylation sites is 2. The van der Waals surface area contributed by atoms with Crippen LogP contribution in [0.5, 0.6) is 0 Å². The SMILES string of the molecule is CC(C)n1c(=O)n(C(=O)NCC2CCN(CCCC(=O)N3CCOCC3)CC2)c2ccccc21. The van der Waals surface area contributed by atoms with Crippen molar-refractivity contribution in [2.75, 3.05) is 52.5 Å². The first kappa shape index (κ1) is 24.5. The number of carbonyl (C=O) groups excluding carboxylic acids is 2. The van der Waals surface area contributed by atoms with Crippen molar-refractivity contribution in [3.63, 3.8) is 0 Å². The van der Waals surface area contributed by atoms with Gasteiger partial charge in [0.05, 0.1) is 24.2 Å². The van der Waals surface area contributed by atoms with Gasteiger partial charge in [-0.3, -0.25) is 9.36 Å². The van der Waals surface area contributed by atoms with Crippen molar-refractivity contribution >= 4 is 23.0 Å². The molecule has 2 saturated heterocycles. The lowest BCUT2D eigenvalue weighted by Crippen LogP contribution is -2.42. The van der Waals surface area contributed by atoms with E-state index in [4.69, 9.17) is 4.74 Å². The fourth-order valence-corrected chi connectivity index (χ4v) is 5.02. The van der Waals surface area contributed by atoms with Crippen molar-refractivity contribution in [2.24, 2.45) is 5.92 Å². The topological polar surface area (TPSA) is 88.8 Å². The highest BCUT2D eigenvalue weighted by Crippen LogP contribution is 2.19. The van der Waals surface area contributed by atoms with E-state index in [9.17, 15) is 14.4 Å². The van der Waals surface area contributed by atoms with Gasteiger partial charge in [-0.2, -0.15) is 0 Å². The van der Waals surface area contributed by atoms with E-state index < -0.39 is 0 Å². The molecule has 2 fully saturated rings. The zero-order valence-corrected chi connectivity index (χ0v) is 20.4. The van der Waals surface area contributed by atoms with Crippen molar-refractivity contribution in [2.45, 2.75) is 45.6 Å². The van der Waals surface area contributed by atoms with E-state index in [0.717, 1.165) is 44.4 Å². The van der Waals surface area contributed by atoms with Gasteiger partial charge < -0.3 is 19.9 Å². The summed E-state index contributed by atoms with van der Waals surface area (Å²) in [5.41, 5.74) is 1.12. The van der Waals surface area contributed by atoms with Crippen LogP contribution in [0.4, 0.5) is 4.79 Å². The van der Waals surface area contributed by atoms with Gasteiger partial charge in [0.2, 0.25) is 5.91 Å². The van der Waals surface area contributed by atoms with Crippen LogP contribution in [0.3, 0.4) is 0 Å². The molecule has 2 aliphatic heterocycles. The third-order valence-corrected chi connectivity index (χ3v) is 6.98. The first-order valence-corrected chi connectivity index (χ1v) is 12.5. The third-order valence-electron chi connectivity index (χ3n) is 6.98. The Bertz CT molecular complexity index is 1050. The van der Waals surface area contributed by atoms with E-state index in [2.05, 4.69) is 10.2 Å². The summed E-state index contributed by atoms with van der Waals surface area (Å²) in [5.74, 6) is 0.624. The van der Waals surface area contributed by atoms with Crippen molar-refractivity contribution in [1.29, 1.82) is 0 Å². The van der Waals surface area contributed by atoms with Gasteiger partial charge in [-0.15, -0.1) is 0 Å². The molecule has 2 aliphatic rings. The van der Waals surface area contributed by atoms with Gasteiger partial charge >= 0.3 is 11.7 Å². The molecule has 0 saturated carbocycles. The largest absolute Gasteiger partial charge is 0.378 e. The number of likely N-dealkylation sites (tertiary alicyclic amines) is 1. The zero-order valence-electron chi connectivity index (χ0n) is 20.4. The molecule has 1 aromatic heterocycles. The molecular weight excluding hydrogens is 434 g/mol. The molecular formula is C25H37N5O4. The second kappa shape index (κ2) is 11.2. The second-order valence-electron chi connectivity index (χ2n) is 9.64. The van der Waals surface area contributed by atoms with Gasteiger partial charge in [0.25, 0.3) is 0 Å². The number of amides is 2. The fraction of sp³-hybridized carbons (Fsp3) is 0.640. The number of carbonyl (C=O) groups is 2. The number of nitrogens with one attached hydrogen (secondary N) is 1. The Morgan fingerprint density at radius 1 is 1.06 bits per heavy atom. The van der Waals surface area contributed by atoms with Crippen molar-refractivity contribution < 1.29 is 14.3 Å². The summed E-state index contributed by atoms with van der Waals surface area (Å²) in [4.78, 5) is 42.5. The molecule has 0 aliphatic carbocycles. The van der Waals surface area contributed by atoms with Crippen LogP contribution in [0.25, 0.3) is 11.0 Å².